The van der Waals surface area contributed by atoms with E-state index in [0.717, 1.165) is 12.1 Å². The molecule has 0 aliphatic rings. The molecule has 4 heteroatoms. The van der Waals surface area contributed by atoms with Gasteiger partial charge in [-0.25, -0.2) is 8.78 Å². The molecule has 0 unspecified atom stereocenters. The van der Waals surface area contributed by atoms with E-state index in [9.17, 15) is 13.6 Å². The highest BCUT2D eigenvalue weighted by molar-refractivity contribution is 5.96. The lowest BCUT2D eigenvalue weighted by Gasteiger charge is -1.98. The molecular weight excluding hydrogens is 236 g/mol. The minimum Gasteiger partial charge on any atom is -0.368 e. The number of rotatable bonds is 5. The van der Waals surface area contributed by atoms with Crippen LogP contribution < -0.4 is 5.32 Å². The van der Waals surface area contributed by atoms with Crippen molar-refractivity contribution in [2.75, 3.05) is 0 Å². The lowest BCUT2D eigenvalue weighted by molar-refractivity contribution is -0.113. The summed E-state index contributed by atoms with van der Waals surface area (Å²) in [5.41, 5.74) is 0.874. The van der Waals surface area contributed by atoms with Crippen LogP contribution >= 0.6 is 0 Å². The van der Waals surface area contributed by atoms with E-state index in [-0.39, 0.29) is 5.78 Å². The molecule has 94 valence electrons. The molecule has 0 spiro atoms. The fraction of sp³-hybridized carbons (Fsp3) is 0.0714. The summed E-state index contributed by atoms with van der Waals surface area (Å²) in [5.74, 6) is -1.97. The summed E-state index contributed by atoms with van der Waals surface area (Å²) < 4.78 is 25.7. The maximum absolute atomic E-state index is 12.9. The maximum atomic E-state index is 12.9. The molecule has 0 amide bonds. The van der Waals surface area contributed by atoms with E-state index < -0.39 is 11.6 Å². The predicted molar refractivity (Wildman–Crippen MR) is 67.5 cm³/mol. The van der Waals surface area contributed by atoms with Crippen molar-refractivity contribution in [2.24, 2.45) is 0 Å². The van der Waals surface area contributed by atoms with Crippen molar-refractivity contribution in [3.05, 3.63) is 66.0 Å². The van der Waals surface area contributed by atoms with E-state index in [1.165, 1.54) is 37.5 Å². The lowest BCUT2D eigenvalue weighted by atomic mass is 10.1. The maximum Gasteiger partial charge on any atom is 0.161 e. The highest BCUT2D eigenvalue weighted by Gasteiger charge is 2.01. The number of halogens is 2. The number of ketones is 1. The highest BCUT2D eigenvalue weighted by atomic mass is 19.2. The van der Waals surface area contributed by atoms with Gasteiger partial charge in [0.25, 0.3) is 0 Å². The lowest BCUT2D eigenvalue weighted by Crippen LogP contribution is -2.00. The topological polar surface area (TPSA) is 29.1 Å². The Balaban J connectivity index is 2.92. The van der Waals surface area contributed by atoms with Gasteiger partial charge in [-0.1, -0.05) is 18.7 Å². The van der Waals surface area contributed by atoms with E-state index in [1.807, 2.05) is 0 Å². The fourth-order valence-electron chi connectivity index (χ4n) is 1.22. The number of carbonyl (C=O) groups excluding carboxylic acids is 1. The third-order valence-electron chi connectivity index (χ3n) is 2.16. The van der Waals surface area contributed by atoms with Crippen molar-refractivity contribution in [3.8, 4) is 0 Å². The Morgan fingerprint density at radius 2 is 2.06 bits per heavy atom. The quantitative estimate of drug-likeness (QED) is 0.641. The Bertz CT molecular complexity index is 519. The molecule has 0 heterocycles. The van der Waals surface area contributed by atoms with Crippen molar-refractivity contribution in [2.45, 2.75) is 6.92 Å². The van der Waals surface area contributed by atoms with Gasteiger partial charge in [0.1, 0.15) is 0 Å². The summed E-state index contributed by atoms with van der Waals surface area (Å²) in [4.78, 5) is 11.3. The van der Waals surface area contributed by atoms with Gasteiger partial charge in [0.2, 0.25) is 0 Å². The van der Waals surface area contributed by atoms with Crippen molar-refractivity contribution < 1.29 is 13.6 Å². The van der Waals surface area contributed by atoms with Gasteiger partial charge >= 0.3 is 0 Å². The first-order valence-electron chi connectivity index (χ1n) is 5.26. The molecule has 18 heavy (non-hydrogen) atoms. The van der Waals surface area contributed by atoms with Crippen molar-refractivity contribution >= 4 is 11.9 Å². The summed E-state index contributed by atoms with van der Waals surface area (Å²) in [6, 6.07) is 3.52. The second-order valence-corrected chi connectivity index (χ2v) is 3.53. The van der Waals surface area contributed by atoms with Gasteiger partial charge in [0.15, 0.2) is 17.4 Å². The molecule has 1 aromatic carbocycles. The van der Waals surface area contributed by atoms with Crippen LogP contribution in [0, 0.1) is 11.6 Å². The van der Waals surface area contributed by atoms with Crippen molar-refractivity contribution in [1.82, 2.24) is 5.32 Å². The van der Waals surface area contributed by atoms with E-state index in [0.29, 0.717) is 11.1 Å². The van der Waals surface area contributed by atoms with E-state index in [2.05, 4.69) is 11.9 Å². The average Bonchev–Trinajstić information content (AvgIpc) is 2.33. The van der Waals surface area contributed by atoms with Gasteiger partial charge in [-0.15, -0.1) is 0 Å². The van der Waals surface area contributed by atoms with Gasteiger partial charge in [0, 0.05) is 11.8 Å². The average molecular weight is 249 g/mol. The van der Waals surface area contributed by atoms with E-state index in [4.69, 9.17) is 0 Å². The first-order valence-corrected chi connectivity index (χ1v) is 5.26. The predicted octanol–water partition coefficient (Wildman–Crippen LogP) is 3.18. The number of benzene rings is 1. The van der Waals surface area contributed by atoms with Gasteiger partial charge in [0.05, 0.1) is 0 Å². The molecular formula is C14H13F2NO. The Morgan fingerprint density at radius 3 is 2.61 bits per heavy atom. The molecule has 0 aromatic heterocycles. The third kappa shape index (κ3) is 3.97. The first-order chi connectivity index (χ1) is 8.54. The number of allylic oxidation sites excluding steroid dienone is 2. The van der Waals surface area contributed by atoms with Crippen molar-refractivity contribution in [1.29, 1.82) is 0 Å². The van der Waals surface area contributed by atoms with Gasteiger partial charge in [-0.05, 0) is 36.9 Å². The van der Waals surface area contributed by atoms with Gasteiger partial charge in [-0.3, -0.25) is 4.79 Å². The minimum atomic E-state index is -0.922. The fourth-order valence-corrected chi connectivity index (χ4v) is 1.22. The molecule has 1 rings (SSSR count). The number of hydrogen-bond acceptors (Lipinski definition) is 2. The molecule has 0 aliphatic carbocycles. The molecule has 0 bridgehead atoms. The molecule has 0 atom stereocenters. The minimum absolute atomic E-state index is 0.150. The number of carbonyl (C=O) groups is 1. The SMILES string of the molecule is C=CN/C=C(\C=C/c1ccc(F)c(F)c1)C(C)=O. The van der Waals surface area contributed by atoms with Crippen molar-refractivity contribution in [3.63, 3.8) is 0 Å². The normalized spacial score (nSPS) is 11.6. The zero-order valence-electron chi connectivity index (χ0n) is 9.91. The van der Waals surface area contributed by atoms with E-state index >= 15 is 0 Å². The van der Waals surface area contributed by atoms with E-state index in [1.54, 1.807) is 0 Å². The molecule has 0 radical (unpaired) electrons. The number of hydrogen-bond donors (Lipinski definition) is 1. The molecule has 2 nitrogen and oxygen atoms in total. The first kappa shape index (κ1) is 13.8. The largest absolute Gasteiger partial charge is 0.368 e. The van der Waals surface area contributed by atoms with Crippen LogP contribution in [0.2, 0.25) is 0 Å². The summed E-state index contributed by atoms with van der Waals surface area (Å²) in [5, 5.41) is 2.68. The van der Waals surface area contributed by atoms with Gasteiger partial charge < -0.3 is 5.32 Å². The molecule has 1 aromatic rings. The monoisotopic (exact) mass is 249 g/mol. The van der Waals surface area contributed by atoms with Crippen LogP contribution in [-0.4, -0.2) is 5.78 Å². The zero-order chi connectivity index (χ0) is 13.5. The van der Waals surface area contributed by atoms with Crippen LogP contribution in [0.15, 0.2) is 48.8 Å². The molecule has 0 aliphatic heterocycles. The summed E-state index contributed by atoms with van der Waals surface area (Å²) in [6.45, 7) is 4.86. The summed E-state index contributed by atoms with van der Waals surface area (Å²) >= 11 is 0. The van der Waals surface area contributed by atoms with Gasteiger partial charge in [-0.2, -0.15) is 0 Å². The smallest absolute Gasteiger partial charge is 0.161 e. The highest BCUT2D eigenvalue weighted by Crippen LogP contribution is 2.11. The zero-order valence-corrected chi connectivity index (χ0v) is 9.91. The second-order valence-electron chi connectivity index (χ2n) is 3.53. The number of nitrogens with one attached hydrogen (secondary N) is 1. The Hall–Kier alpha value is -2.23. The summed E-state index contributed by atoms with van der Waals surface area (Å²) in [7, 11) is 0. The Kier molecular flexibility index (Phi) is 4.99. The molecule has 1 N–H and O–H groups in total. The Morgan fingerprint density at radius 1 is 1.33 bits per heavy atom. The second kappa shape index (κ2) is 6.49. The van der Waals surface area contributed by atoms with Crippen LogP contribution in [0.3, 0.4) is 0 Å². The standard InChI is InChI=1S/C14H13F2NO/c1-3-17-9-12(10(2)18)6-4-11-5-7-13(15)14(16)8-11/h3-9,17H,1H2,2H3/b6-4-,12-9+. The molecule has 0 fully saturated rings. The summed E-state index contributed by atoms with van der Waals surface area (Å²) in [6.07, 6.45) is 5.95. The van der Waals surface area contributed by atoms with Crippen LogP contribution in [0.1, 0.15) is 12.5 Å². The molecule has 0 saturated carbocycles. The molecule has 0 saturated heterocycles. The third-order valence-corrected chi connectivity index (χ3v) is 2.16. The van der Waals surface area contributed by atoms with Crippen LogP contribution in [0.25, 0.3) is 6.08 Å². The van der Waals surface area contributed by atoms with Crippen LogP contribution in [0.5, 0.6) is 0 Å². The number of Topliss-reactive ketones (excluding diaryl/α,β-unsaturated/α-hetero) is 1. The Labute approximate surface area is 104 Å². The van der Waals surface area contributed by atoms with Crippen LogP contribution in [-0.2, 0) is 4.79 Å². The van der Waals surface area contributed by atoms with Crippen LogP contribution in [0.4, 0.5) is 8.78 Å².